The SMILES string of the molecule is CC(C)(C)OC(=O)N1CCN(c2ccc(/C=C(\Cl)C#N)cc2)CC1. The molecule has 0 atom stereocenters. The van der Waals surface area contributed by atoms with Crippen LogP contribution in [0.3, 0.4) is 0 Å². The number of allylic oxidation sites excluding steroid dienone is 1. The summed E-state index contributed by atoms with van der Waals surface area (Å²) in [6, 6.07) is 9.73. The highest BCUT2D eigenvalue weighted by Gasteiger charge is 2.25. The lowest BCUT2D eigenvalue weighted by molar-refractivity contribution is 0.0240. The van der Waals surface area contributed by atoms with Crippen molar-refractivity contribution in [1.29, 1.82) is 5.26 Å². The van der Waals surface area contributed by atoms with E-state index in [1.54, 1.807) is 11.0 Å². The first-order chi connectivity index (χ1) is 11.3. The number of nitrogens with zero attached hydrogens (tertiary/aromatic N) is 3. The fourth-order valence-electron chi connectivity index (χ4n) is 2.43. The van der Waals surface area contributed by atoms with Gasteiger partial charge < -0.3 is 14.5 Å². The van der Waals surface area contributed by atoms with E-state index in [-0.39, 0.29) is 11.1 Å². The fourth-order valence-corrected chi connectivity index (χ4v) is 2.56. The second kappa shape index (κ2) is 7.59. The molecular weight excluding hydrogens is 326 g/mol. The van der Waals surface area contributed by atoms with Crippen LogP contribution in [0, 0.1) is 11.3 Å². The van der Waals surface area contributed by atoms with E-state index >= 15 is 0 Å². The predicted molar refractivity (Wildman–Crippen MR) is 95.9 cm³/mol. The third kappa shape index (κ3) is 5.17. The Balaban J connectivity index is 1.93. The number of hydrogen-bond donors (Lipinski definition) is 0. The van der Waals surface area contributed by atoms with Gasteiger partial charge in [-0.15, -0.1) is 0 Å². The largest absolute Gasteiger partial charge is 0.444 e. The monoisotopic (exact) mass is 347 g/mol. The van der Waals surface area contributed by atoms with Crippen LogP contribution in [0.1, 0.15) is 26.3 Å². The van der Waals surface area contributed by atoms with Gasteiger partial charge in [0.1, 0.15) is 16.7 Å². The highest BCUT2D eigenvalue weighted by molar-refractivity contribution is 6.33. The van der Waals surface area contributed by atoms with Crippen LogP contribution in [0.15, 0.2) is 29.3 Å². The third-order valence-electron chi connectivity index (χ3n) is 3.59. The molecule has 1 saturated heterocycles. The van der Waals surface area contributed by atoms with E-state index in [2.05, 4.69) is 4.90 Å². The molecule has 1 aromatic rings. The number of benzene rings is 1. The molecule has 0 aliphatic carbocycles. The molecule has 24 heavy (non-hydrogen) atoms. The van der Waals surface area contributed by atoms with Gasteiger partial charge in [-0.2, -0.15) is 5.26 Å². The molecule has 0 unspecified atom stereocenters. The average molecular weight is 348 g/mol. The van der Waals surface area contributed by atoms with E-state index in [4.69, 9.17) is 21.6 Å². The van der Waals surface area contributed by atoms with Crippen molar-refractivity contribution in [2.75, 3.05) is 31.1 Å². The predicted octanol–water partition coefficient (Wildman–Crippen LogP) is 3.85. The van der Waals surface area contributed by atoms with E-state index in [1.165, 1.54) is 0 Å². The van der Waals surface area contributed by atoms with E-state index in [0.29, 0.717) is 13.1 Å². The van der Waals surface area contributed by atoms with Crippen LogP contribution in [0.2, 0.25) is 0 Å². The molecule has 1 aliphatic heterocycles. The second-order valence-corrected chi connectivity index (χ2v) is 7.06. The molecule has 6 heteroatoms. The number of rotatable bonds is 2. The van der Waals surface area contributed by atoms with Gasteiger partial charge >= 0.3 is 6.09 Å². The molecule has 1 aliphatic rings. The maximum atomic E-state index is 12.1. The van der Waals surface area contributed by atoms with Crippen molar-refractivity contribution in [1.82, 2.24) is 4.90 Å². The molecule has 128 valence electrons. The minimum Gasteiger partial charge on any atom is -0.444 e. The number of piperazine rings is 1. The molecule has 0 N–H and O–H groups in total. The van der Waals surface area contributed by atoms with Crippen molar-refractivity contribution < 1.29 is 9.53 Å². The molecule has 0 saturated carbocycles. The molecule has 5 nitrogen and oxygen atoms in total. The highest BCUT2D eigenvalue weighted by Crippen LogP contribution is 2.20. The zero-order valence-corrected chi connectivity index (χ0v) is 15.0. The van der Waals surface area contributed by atoms with Crippen LogP contribution >= 0.6 is 11.6 Å². The molecule has 1 amide bonds. The Morgan fingerprint density at radius 2 is 1.79 bits per heavy atom. The molecule has 2 rings (SSSR count). The second-order valence-electron chi connectivity index (χ2n) is 6.65. The Morgan fingerprint density at radius 3 is 2.29 bits per heavy atom. The number of carbonyl (C=O) groups excluding carboxylic acids is 1. The van der Waals surface area contributed by atoms with E-state index < -0.39 is 5.60 Å². The Morgan fingerprint density at radius 1 is 1.21 bits per heavy atom. The quantitative estimate of drug-likeness (QED) is 0.762. The fraction of sp³-hybridized carbons (Fsp3) is 0.444. The summed E-state index contributed by atoms with van der Waals surface area (Å²) in [6.07, 6.45) is 1.37. The van der Waals surface area contributed by atoms with Crippen molar-refractivity contribution in [3.8, 4) is 6.07 Å². The smallest absolute Gasteiger partial charge is 0.410 e. The van der Waals surface area contributed by atoms with Crippen LogP contribution in [-0.4, -0.2) is 42.8 Å². The lowest BCUT2D eigenvalue weighted by atomic mass is 10.1. The summed E-state index contributed by atoms with van der Waals surface area (Å²) in [7, 11) is 0. The summed E-state index contributed by atoms with van der Waals surface area (Å²) >= 11 is 5.72. The van der Waals surface area contributed by atoms with E-state index in [1.807, 2.05) is 51.1 Å². The van der Waals surface area contributed by atoms with Crippen LogP contribution in [0.25, 0.3) is 6.08 Å². The lowest BCUT2D eigenvalue weighted by Crippen LogP contribution is -2.50. The number of amides is 1. The van der Waals surface area contributed by atoms with Gasteiger partial charge in [-0.05, 0) is 44.5 Å². The van der Waals surface area contributed by atoms with Crippen LogP contribution in [-0.2, 0) is 4.74 Å². The molecule has 1 aromatic carbocycles. The van der Waals surface area contributed by atoms with Crippen molar-refractivity contribution in [3.05, 3.63) is 34.9 Å². The van der Waals surface area contributed by atoms with Gasteiger partial charge in [0.25, 0.3) is 0 Å². The van der Waals surface area contributed by atoms with Crippen LogP contribution in [0.5, 0.6) is 0 Å². The summed E-state index contributed by atoms with van der Waals surface area (Å²) in [4.78, 5) is 16.0. The summed E-state index contributed by atoms with van der Waals surface area (Å²) < 4.78 is 5.40. The minimum atomic E-state index is -0.470. The normalized spacial score (nSPS) is 15.9. The number of hydrogen-bond acceptors (Lipinski definition) is 4. The molecule has 0 aromatic heterocycles. The van der Waals surface area contributed by atoms with Gasteiger partial charge in [0.05, 0.1) is 0 Å². The number of anilines is 1. The van der Waals surface area contributed by atoms with Gasteiger partial charge in [-0.1, -0.05) is 23.7 Å². The molecule has 0 radical (unpaired) electrons. The zero-order chi connectivity index (χ0) is 17.7. The minimum absolute atomic E-state index is 0.161. The van der Waals surface area contributed by atoms with Gasteiger partial charge in [0, 0.05) is 31.9 Å². The summed E-state index contributed by atoms with van der Waals surface area (Å²) in [5.41, 5.74) is 1.50. The molecule has 1 heterocycles. The van der Waals surface area contributed by atoms with Crippen molar-refractivity contribution in [2.24, 2.45) is 0 Å². The average Bonchev–Trinajstić information content (AvgIpc) is 2.54. The number of halogens is 1. The molecule has 1 fully saturated rings. The number of nitriles is 1. The van der Waals surface area contributed by atoms with E-state index in [0.717, 1.165) is 24.3 Å². The first-order valence-corrected chi connectivity index (χ1v) is 8.26. The van der Waals surface area contributed by atoms with Crippen LogP contribution in [0.4, 0.5) is 10.5 Å². The zero-order valence-electron chi connectivity index (χ0n) is 14.3. The lowest BCUT2D eigenvalue weighted by Gasteiger charge is -2.36. The summed E-state index contributed by atoms with van der Waals surface area (Å²) in [5.74, 6) is 0. The Labute approximate surface area is 148 Å². The third-order valence-corrected chi connectivity index (χ3v) is 3.78. The van der Waals surface area contributed by atoms with Crippen molar-refractivity contribution >= 4 is 29.5 Å². The Kier molecular flexibility index (Phi) is 5.74. The van der Waals surface area contributed by atoms with Gasteiger partial charge in [0.2, 0.25) is 0 Å². The van der Waals surface area contributed by atoms with E-state index in [9.17, 15) is 4.79 Å². The van der Waals surface area contributed by atoms with Crippen LogP contribution < -0.4 is 4.90 Å². The molecule has 0 spiro atoms. The van der Waals surface area contributed by atoms with Crippen molar-refractivity contribution in [2.45, 2.75) is 26.4 Å². The standard InChI is InChI=1S/C18H22ClN3O2/c1-18(2,3)24-17(23)22-10-8-21(9-11-22)16-6-4-14(5-7-16)12-15(19)13-20/h4-7,12H,8-11H2,1-3H3/b15-12-. The number of carbonyl (C=O) groups is 1. The van der Waals surface area contributed by atoms with Gasteiger partial charge in [-0.3, -0.25) is 0 Å². The first-order valence-electron chi connectivity index (χ1n) is 7.89. The highest BCUT2D eigenvalue weighted by atomic mass is 35.5. The Bertz CT molecular complexity index is 648. The molecule has 0 bridgehead atoms. The Hall–Kier alpha value is -2.19. The number of ether oxygens (including phenoxy) is 1. The van der Waals surface area contributed by atoms with Crippen molar-refractivity contribution in [3.63, 3.8) is 0 Å². The molecular formula is C18H22ClN3O2. The first kappa shape index (κ1) is 18.2. The topological polar surface area (TPSA) is 56.6 Å². The maximum absolute atomic E-state index is 12.1. The summed E-state index contributed by atoms with van der Waals surface area (Å²) in [6.45, 7) is 8.40. The van der Waals surface area contributed by atoms with Gasteiger partial charge in [0.15, 0.2) is 0 Å². The maximum Gasteiger partial charge on any atom is 0.410 e. The van der Waals surface area contributed by atoms with Gasteiger partial charge in [-0.25, -0.2) is 4.79 Å². The summed E-state index contributed by atoms with van der Waals surface area (Å²) in [5, 5.41) is 8.85.